The van der Waals surface area contributed by atoms with Crippen LogP contribution in [0.3, 0.4) is 0 Å². The SMILES string of the molecule is C=C1[C@H](O)CC(=C/C=C2\CCC[C@@]3(C)C2CC[C@@H]3[C@H](C)[C@@H](C)CCC(C)(C)O)C[C@H]1O. The molecule has 0 spiro atoms. The van der Waals surface area contributed by atoms with Crippen molar-refractivity contribution in [2.24, 2.45) is 29.1 Å². The Morgan fingerprint density at radius 2 is 1.77 bits per heavy atom. The van der Waals surface area contributed by atoms with Crippen molar-refractivity contribution in [1.29, 1.82) is 0 Å². The Hall–Kier alpha value is -0.900. The van der Waals surface area contributed by atoms with E-state index in [1.54, 1.807) is 5.57 Å². The summed E-state index contributed by atoms with van der Waals surface area (Å²) in [5, 5.41) is 30.5. The molecule has 3 N–H and O–H groups in total. The molecule has 176 valence electrons. The minimum Gasteiger partial charge on any atom is -0.390 e. The molecule has 3 aliphatic carbocycles. The van der Waals surface area contributed by atoms with Gasteiger partial charge < -0.3 is 15.3 Å². The number of rotatable bonds is 6. The zero-order valence-corrected chi connectivity index (χ0v) is 20.5. The second-order valence-electron chi connectivity index (χ2n) is 11.9. The van der Waals surface area contributed by atoms with Gasteiger partial charge in [-0.25, -0.2) is 0 Å². The van der Waals surface area contributed by atoms with Crippen LogP contribution in [-0.4, -0.2) is 33.1 Å². The largest absolute Gasteiger partial charge is 0.390 e. The molecule has 0 aromatic rings. The predicted octanol–water partition coefficient (Wildman–Crippen LogP) is 5.95. The van der Waals surface area contributed by atoms with Crippen molar-refractivity contribution >= 4 is 0 Å². The van der Waals surface area contributed by atoms with Crippen molar-refractivity contribution < 1.29 is 15.3 Å². The molecule has 0 radical (unpaired) electrons. The monoisotopic (exact) mass is 430 g/mol. The Morgan fingerprint density at radius 1 is 1.13 bits per heavy atom. The van der Waals surface area contributed by atoms with E-state index in [1.807, 2.05) is 13.8 Å². The van der Waals surface area contributed by atoms with E-state index in [9.17, 15) is 15.3 Å². The number of allylic oxidation sites excluding steroid dienone is 3. The van der Waals surface area contributed by atoms with Gasteiger partial charge in [-0.2, -0.15) is 0 Å². The molecule has 0 bridgehead atoms. The quantitative estimate of drug-likeness (QED) is 0.456. The van der Waals surface area contributed by atoms with Crippen molar-refractivity contribution in [3.05, 3.63) is 35.5 Å². The minimum absolute atomic E-state index is 0.366. The molecule has 0 saturated heterocycles. The Bertz CT molecular complexity index is 696. The van der Waals surface area contributed by atoms with Crippen molar-refractivity contribution in [3.8, 4) is 0 Å². The molecule has 3 aliphatic rings. The molecule has 3 rings (SSSR count). The fourth-order valence-corrected chi connectivity index (χ4v) is 6.81. The van der Waals surface area contributed by atoms with E-state index in [4.69, 9.17) is 0 Å². The molecule has 0 heterocycles. The van der Waals surface area contributed by atoms with Crippen LogP contribution < -0.4 is 0 Å². The number of fused-ring (bicyclic) bond motifs is 1. The van der Waals surface area contributed by atoms with Gasteiger partial charge in [0.05, 0.1) is 17.8 Å². The zero-order valence-electron chi connectivity index (χ0n) is 20.5. The lowest BCUT2D eigenvalue weighted by Crippen LogP contribution is -2.37. The molecule has 0 aromatic heterocycles. The van der Waals surface area contributed by atoms with Crippen molar-refractivity contribution in [2.45, 2.75) is 110 Å². The molecule has 0 aromatic carbocycles. The third-order valence-electron chi connectivity index (χ3n) is 9.08. The number of aliphatic hydroxyl groups excluding tert-OH is 2. The summed E-state index contributed by atoms with van der Waals surface area (Å²) in [7, 11) is 0. The van der Waals surface area contributed by atoms with E-state index >= 15 is 0 Å². The van der Waals surface area contributed by atoms with Gasteiger partial charge in [0, 0.05) is 0 Å². The Kier molecular flexibility index (Phi) is 7.61. The summed E-state index contributed by atoms with van der Waals surface area (Å²) in [5.41, 5.74) is 3.06. The van der Waals surface area contributed by atoms with E-state index < -0.39 is 17.8 Å². The Labute approximate surface area is 190 Å². The standard InChI is InChI=1S/C28H46O3/c1-18(13-15-27(4,5)31)19(2)23-11-12-24-22(8-7-14-28(23,24)6)10-9-21-16-25(29)20(3)26(30)17-21/h9-10,18-19,23-26,29-31H,3,7-8,11-17H2,1-2,4-6H3/b22-10+/t18-,19+,23+,24?,25+,26+,28+/m0/s1. The van der Waals surface area contributed by atoms with Crippen LogP contribution in [0.4, 0.5) is 0 Å². The predicted molar refractivity (Wildman–Crippen MR) is 129 cm³/mol. The van der Waals surface area contributed by atoms with Crippen LogP contribution in [0.15, 0.2) is 35.5 Å². The summed E-state index contributed by atoms with van der Waals surface area (Å²) >= 11 is 0. The lowest BCUT2D eigenvalue weighted by atomic mass is 9.59. The molecule has 7 atom stereocenters. The van der Waals surface area contributed by atoms with E-state index in [2.05, 4.69) is 39.5 Å². The summed E-state index contributed by atoms with van der Waals surface area (Å²) < 4.78 is 0. The summed E-state index contributed by atoms with van der Waals surface area (Å²) in [4.78, 5) is 0. The highest BCUT2D eigenvalue weighted by molar-refractivity contribution is 5.29. The van der Waals surface area contributed by atoms with Gasteiger partial charge >= 0.3 is 0 Å². The molecule has 3 nitrogen and oxygen atoms in total. The van der Waals surface area contributed by atoms with Crippen LogP contribution >= 0.6 is 0 Å². The first-order valence-electron chi connectivity index (χ1n) is 12.6. The second kappa shape index (κ2) is 9.53. The maximum absolute atomic E-state index is 10.2. The fourth-order valence-electron chi connectivity index (χ4n) is 6.81. The topological polar surface area (TPSA) is 60.7 Å². The van der Waals surface area contributed by atoms with Crippen molar-refractivity contribution in [2.75, 3.05) is 0 Å². The summed E-state index contributed by atoms with van der Waals surface area (Å²) in [5.74, 6) is 2.69. The van der Waals surface area contributed by atoms with E-state index in [0.717, 1.165) is 24.3 Å². The highest BCUT2D eigenvalue weighted by Crippen LogP contribution is 2.60. The maximum Gasteiger partial charge on any atom is 0.0809 e. The fraction of sp³-hybridized carbons (Fsp3) is 0.786. The zero-order chi connectivity index (χ0) is 23.0. The molecule has 0 amide bonds. The summed E-state index contributed by atoms with van der Waals surface area (Å²) in [6.07, 6.45) is 12.8. The van der Waals surface area contributed by atoms with Crippen LogP contribution in [0.25, 0.3) is 0 Å². The number of hydrogen-bond acceptors (Lipinski definition) is 3. The van der Waals surface area contributed by atoms with Crippen molar-refractivity contribution in [1.82, 2.24) is 0 Å². The molecule has 3 heteroatoms. The molecule has 0 aliphatic heterocycles. The van der Waals surface area contributed by atoms with Crippen LogP contribution in [0.5, 0.6) is 0 Å². The molecular weight excluding hydrogens is 384 g/mol. The van der Waals surface area contributed by atoms with Gasteiger partial charge in [-0.15, -0.1) is 0 Å². The smallest absolute Gasteiger partial charge is 0.0809 e. The van der Waals surface area contributed by atoms with Crippen LogP contribution in [0.2, 0.25) is 0 Å². The van der Waals surface area contributed by atoms with Gasteiger partial charge in [-0.05, 0) is 106 Å². The number of aliphatic hydroxyl groups is 3. The first kappa shape index (κ1) is 24.7. The van der Waals surface area contributed by atoms with E-state index in [0.29, 0.717) is 41.6 Å². The first-order valence-corrected chi connectivity index (χ1v) is 12.6. The molecule has 31 heavy (non-hydrogen) atoms. The van der Waals surface area contributed by atoms with Gasteiger partial charge in [0.2, 0.25) is 0 Å². The highest BCUT2D eigenvalue weighted by Gasteiger charge is 2.51. The molecule has 3 fully saturated rings. The number of hydrogen-bond donors (Lipinski definition) is 3. The molecular formula is C28H46O3. The first-order chi connectivity index (χ1) is 14.4. The molecule has 3 saturated carbocycles. The van der Waals surface area contributed by atoms with Crippen molar-refractivity contribution in [3.63, 3.8) is 0 Å². The van der Waals surface area contributed by atoms with E-state index in [-0.39, 0.29) is 0 Å². The normalized spacial score (nSPS) is 37.6. The summed E-state index contributed by atoms with van der Waals surface area (Å²) in [6.45, 7) is 15.0. The highest BCUT2D eigenvalue weighted by atomic mass is 16.3. The van der Waals surface area contributed by atoms with E-state index in [1.165, 1.54) is 32.1 Å². The van der Waals surface area contributed by atoms with Gasteiger partial charge in [0.25, 0.3) is 0 Å². The average Bonchev–Trinajstić information content (AvgIpc) is 3.04. The average molecular weight is 431 g/mol. The van der Waals surface area contributed by atoms with Crippen LogP contribution in [0, 0.1) is 29.1 Å². The second-order valence-corrected chi connectivity index (χ2v) is 11.9. The Morgan fingerprint density at radius 3 is 2.39 bits per heavy atom. The molecule has 1 unspecified atom stereocenters. The van der Waals surface area contributed by atoms with Crippen LogP contribution in [-0.2, 0) is 0 Å². The third-order valence-corrected chi connectivity index (χ3v) is 9.08. The lowest BCUT2D eigenvalue weighted by molar-refractivity contribution is 0.0447. The van der Waals surface area contributed by atoms with Crippen LogP contribution in [0.1, 0.15) is 92.4 Å². The summed E-state index contributed by atoms with van der Waals surface area (Å²) in [6, 6.07) is 0. The lowest BCUT2D eigenvalue weighted by Gasteiger charge is -2.45. The van der Waals surface area contributed by atoms with Gasteiger partial charge in [0.15, 0.2) is 0 Å². The van der Waals surface area contributed by atoms with Gasteiger partial charge in [-0.1, -0.05) is 50.6 Å². The Balaban J connectivity index is 1.71. The van der Waals surface area contributed by atoms with Gasteiger partial charge in [-0.3, -0.25) is 0 Å². The maximum atomic E-state index is 10.2. The van der Waals surface area contributed by atoms with Gasteiger partial charge in [0.1, 0.15) is 0 Å². The minimum atomic E-state index is -0.618. The third kappa shape index (κ3) is 5.54.